The lowest BCUT2D eigenvalue weighted by molar-refractivity contribution is -0.147. The van der Waals surface area contributed by atoms with E-state index >= 15 is 0 Å². The first-order valence-corrected chi connectivity index (χ1v) is 6.77. The Morgan fingerprint density at radius 2 is 2.00 bits per heavy atom. The molecular formula is C14H17ClO5. The van der Waals surface area contributed by atoms with E-state index in [2.05, 4.69) is 0 Å². The molecule has 1 atom stereocenters. The minimum Gasteiger partial charge on any atom is -0.479 e. The van der Waals surface area contributed by atoms with Gasteiger partial charge in [-0.25, -0.2) is 4.79 Å². The van der Waals surface area contributed by atoms with Gasteiger partial charge >= 0.3 is 11.9 Å². The molecule has 0 aliphatic heterocycles. The Morgan fingerprint density at radius 1 is 1.35 bits per heavy atom. The Hall–Kier alpha value is -1.59. The number of hydrogen-bond donors (Lipinski definition) is 2. The van der Waals surface area contributed by atoms with Crippen LogP contribution in [0.2, 0.25) is 0 Å². The van der Waals surface area contributed by atoms with Gasteiger partial charge in [0.1, 0.15) is 0 Å². The van der Waals surface area contributed by atoms with Crippen LogP contribution in [0.4, 0.5) is 0 Å². The van der Waals surface area contributed by atoms with E-state index in [1.807, 2.05) is 0 Å². The molecule has 1 rings (SSSR count). The van der Waals surface area contributed by atoms with E-state index in [4.69, 9.17) is 21.4 Å². The van der Waals surface area contributed by atoms with Gasteiger partial charge in [-0.05, 0) is 30.0 Å². The van der Waals surface area contributed by atoms with E-state index in [1.165, 1.54) is 0 Å². The van der Waals surface area contributed by atoms with E-state index < -0.39 is 12.1 Å². The quantitative estimate of drug-likeness (QED) is 0.594. The van der Waals surface area contributed by atoms with E-state index in [9.17, 15) is 14.7 Å². The van der Waals surface area contributed by atoms with Gasteiger partial charge in [0, 0.05) is 12.3 Å². The number of ether oxygens (including phenoxy) is 1. The molecule has 0 bridgehead atoms. The van der Waals surface area contributed by atoms with Crippen molar-refractivity contribution in [1.29, 1.82) is 0 Å². The van der Waals surface area contributed by atoms with Gasteiger partial charge in [-0.2, -0.15) is 0 Å². The lowest BCUT2D eigenvalue weighted by Gasteiger charge is -2.16. The predicted molar refractivity (Wildman–Crippen MR) is 73.5 cm³/mol. The number of carboxylic acid groups (broad SMARTS) is 1. The third kappa shape index (κ3) is 4.21. The summed E-state index contributed by atoms with van der Waals surface area (Å²) in [6.45, 7) is 2.01. The van der Waals surface area contributed by atoms with Crippen LogP contribution in [-0.2, 0) is 26.6 Å². The molecule has 0 amide bonds. The molecule has 0 fully saturated rings. The number of aliphatic carboxylic acids is 1. The fraction of sp³-hybridized carbons (Fsp3) is 0.429. The summed E-state index contributed by atoms with van der Waals surface area (Å²) < 4.78 is 4.82. The molecule has 0 saturated heterocycles. The highest BCUT2D eigenvalue weighted by molar-refractivity contribution is 6.17. The van der Waals surface area contributed by atoms with Gasteiger partial charge < -0.3 is 14.9 Å². The molecule has 0 spiro atoms. The van der Waals surface area contributed by atoms with Crippen LogP contribution in [0.1, 0.15) is 36.1 Å². The number of carbonyl (C=O) groups excluding carboxylic acids is 1. The summed E-state index contributed by atoms with van der Waals surface area (Å²) in [4.78, 5) is 22.3. The number of aliphatic hydroxyl groups is 1. The van der Waals surface area contributed by atoms with E-state index in [0.29, 0.717) is 24.2 Å². The Balaban J connectivity index is 3.00. The third-order valence-corrected chi connectivity index (χ3v) is 3.13. The summed E-state index contributed by atoms with van der Waals surface area (Å²) in [5.41, 5.74) is 1.40. The SMILES string of the molecule is CCOC(=O)CCc1cccc(CCl)c1C(O)C(=O)O. The summed E-state index contributed by atoms with van der Waals surface area (Å²) >= 11 is 5.77. The first kappa shape index (κ1) is 16.5. The third-order valence-electron chi connectivity index (χ3n) is 2.84. The molecule has 0 aromatic heterocycles. The maximum absolute atomic E-state index is 11.4. The van der Waals surface area contributed by atoms with Crippen LogP contribution in [0.15, 0.2) is 18.2 Å². The van der Waals surface area contributed by atoms with Gasteiger partial charge in [0.15, 0.2) is 6.10 Å². The predicted octanol–water partition coefficient (Wildman–Crippen LogP) is 2.04. The van der Waals surface area contributed by atoms with E-state index in [0.717, 1.165) is 0 Å². The minimum absolute atomic E-state index is 0.0902. The fourth-order valence-corrected chi connectivity index (χ4v) is 2.18. The van der Waals surface area contributed by atoms with E-state index in [-0.39, 0.29) is 23.8 Å². The number of aryl methyl sites for hydroxylation is 1. The summed E-state index contributed by atoms with van der Waals surface area (Å²) in [5.74, 6) is -1.62. The van der Waals surface area contributed by atoms with Crippen LogP contribution in [-0.4, -0.2) is 28.8 Å². The fourth-order valence-electron chi connectivity index (χ4n) is 1.95. The first-order chi connectivity index (χ1) is 9.51. The highest BCUT2D eigenvalue weighted by Crippen LogP contribution is 2.25. The molecule has 0 saturated carbocycles. The molecule has 6 heteroatoms. The lowest BCUT2D eigenvalue weighted by Crippen LogP contribution is -2.16. The van der Waals surface area contributed by atoms with Crippen LogP contribution in [0.3, 0.4) is 0 Å². The van der Waals surface area contributed by atoms with Crippen molar-refractivity contribution >= 4 is 23.5 Å². The summed E-state index contributed by atoms with van der Waals surface area (Å²) in [6.07, 6.45) is -1.23. The van der Waals surface area contributed by atoms with Crippen LogP contribution in [0.5, 0.6) is 0 Å². The number of aliphatic hydroxyl groups excluding tert-OH is 1. The largest absolute Gasteiger partial charge is 0.479 e. The average molecular weight is 301 g/mol. The Bertz CT molecular complexity index is 486. The van der Waals surface area contributed by atoms with Crippen molar-refractivity contribution in [3.05, 3.63) is 34.9 Å². The van der Waals surface area contributed by atoms with Gasteiger partial charge in [0.2, 0.25) is 0 Å². The van der Waals surface area contributed by atoms with Gasteiger partial charge in [0.25, 0.3) is 0 Å². The van der Waals surface area contributed by atoms with Gasteiger partial charge in [-0.3, -0.25) is 4.79 Å². The van der Waals surface area contributed by atoms with Crippen LogP contribution in [0, 0.1) is 0 Å². The number of benzene rings is 1. The topological polar surface area (TPSA) is 83.8 Å². The van der Waals surface area contributed by atoms with Crippen molar-refractivity contribution < 1.29 is 24.5 Å². The zero-order valence-electron chi connectivity index (χ0n) is 11.1. The highest BCUT2D eigenvalue weighted by atomic mass is 35.5. The number of alkyl halides is 1. The molecule has 2 N–H and O–H groups in total. The Morgan fingerprint density at radius 3 is 2.55 bits per heavy atom. The second-order valence-corrected chi connectivity index (χ2v) is 4.44. The van der Waals surface area contributed by atoms with Gasteiger partial charge in [-0.15, -0.1) is 11.6 Å². The van der Waals surface area contributed by atoms with Crippen molar-refractivity contribution in [3.8, 4) is 0 Å². The maximum Gasteiger partial charge on any atom is 0.337 e. The maximum atomic E-state index is 11.4. The molecule has 0 aliphatic carbocycles. The summed E-state index contributed by atoms with van der Waals surface area (Å²) in [5, 5.41) is 18.7. The number of hydrogen-bond acceptors (Lipinski definition) is 4. The number of esters is 1. The number of halogens is 1. The van der Waals surface area contributed by atoms with Gasteiger partial charge in [0.05, 0.1) is 6.61 Å². The van der Waals surface area contributed by atoms with Crippen LogP contribution >= 0.6 is 11.6 Å². The number of rotatable bonds is 7. The van der Waals surface area contributed by atoms with Crippen molar-refractivity contribution in [2.45, 2.75) is 31.7 Å². The number of carboxylic acids is 1. The van der Waals surface area contributed by atoms with Crippen molar-refractivity contribution in [1.82, 2.24) is 0 Å². The molecule has 0 radical (unpaired) electrons. The standard InChI is InChI=1S/C14H17ClO5/c1-2-20-11(16)7-6-9-4-3-5-10(8-15)12(9)13(17)14(18)19/h3-5,13,17H,2,6-8H2,1H3,(H,18,19). The molecule has 0 heterocycles. The Labute approximate surface area is 122 Å². The minimum atomic E-state index is -1.65. The van der Waals surface area contributed by atoms with Crippen LogP contribution in [0.25, 0.3) is 0 Å². The Kier molecular flexibility index (Phi) is 6.48. The van der Waals surface area contributed by atoms with Crippen molar-refractivity contribution in [3.63, 3.8) is 0 Å². The monoisotopic (exact) mass is 300 g/mol. The second kappa shape index (κ2) is 7.87. The molecular weight excluding hydrogens is 284 g/mol. The molecule has 110 valence electrons. The molecule has 20 heavy (non-hydrogen) atoms. The summed E-state index contributed by atoms with van der Waals surface area (Å²) in [6, 6.07) is 5.05. The van der Waals surface area contributed by atoms with Crippen LogP contribution < -0.4 is 0 Å². The highest BCUT2D eigenvalue weighted by Gasteiger charge is 2.22. The second-order valence-electron chi connectivity index (χ2n) is 4.17. The summed E-state index contributed by atoms with van der Waals surface area (Å²) in [7, 11) is 0. The van der Waals surface area contributed by atoms with Gasteiger partial charge in [-0.1, -0.05) is 18.2 Å². The zero-order valence-corrected chi connectivity index (χ0v) is 11.9. The normalized spacial score (nSPS) is 11.9. The first-order valence-electron chi connectivity index (χ1n) is 6.24. The number of carbonyl (C=O) groups is 2. The van der Waals surface area contributed by atoms with Crippen molar-refractivity contribution in [2.24, 2.45) is 0 Å². The molecule has 1 aromatic carbocycles. The zero-order chi connectivity index (χ0) is 15.1. The van der Waals surface area contributed by atoms with E-state index in [1.54, 1.807) is 25.1 Å². The average Bonchev–Trinajstić information content (AvgIpc) is 2.44. The van der Waals surface area contributed by atoms with Crippen molar-refractivity contribution in [2.75, 3.05) is 6.61 Å². The smallest absolute Gasteiger partial charge is 0.337 e. The molecule has 1 unspecified atom stereocenters. The molecule has 5 nitrogen and oxygen atoms in total. The molecule has 0 aliphatic rings. The molecule has 1 aromatic rings. The lowest BCUT2D eigenvalue weighted by atomic mass is 9.94.